The zero-order chi connectivity index (χ0) is 84.2. The van der Waals surface area contributed by atoms with Crippen molar-refractivity contribution in [3.8, 4) is 85.8 Å². The van der Waals surface area contributed by atoms with Gasteiger partial charge in [0, 0.05) is 159 Å². The number of nitrogens with one attached hydrogen (secondary N) is 5. The summed E-state index contributed by atoms with van der Waals surface area (Å²) in [6, 6.07) is 74.0. The third kappa shape index (κ3) is 17.6. The van der Waals surface area contributed by atoms with Gasteiger partial charge in [-0.05, 0) is 109 Å². The number of hydrogen-bond acceptors (Lipinski definition) is 21. The molecule has 9 heterocycles. The predicted octanol–water partition coefficient (Wildman–Crippen LogP) is 19.3. The van der Waals surface area contributed by atoms with Crippen molar-refractivity contribution in [3.63, 3.8) is 0 Å². The highest BCUT2D eigenvalue weighted by Crippen LogP contribution is 2.41. The summed E-state index contributed by atoms with van der Waals surface area (Å²) in [5.41, 5.74) is 18.1. The van der Waals surface area contributed by atoms with E-state index >= 15 is 0 Å². The van der Waals surface area contributed by atoms with Crippen molar-refractivity contribution in [3.05, 3.63) is 272 Å². The molecule has 1 fully saturated rings. The topological polar surface area (TPSA) is 285 Å². The minimum atomic E-state index is -4.40. The number of anilines is 5. The van der Waals surface area contributed by atoms with Gasteiger partial charge in [0.05, 0.1) is 77.4 Å². The van der Waals surface area contributed by atoms with Crippen LogP contribution in [-0.4, -0.2) is 149 Å². The van der Waals surface area contributed by atoms with Gasteiger partial charge in [0.15, 0.2) is 57.8 Å². The Balaban J connectivity index is 0.000000123. The fourth-order valence-corrected chi connectivity index (χ4v) is 14.8. The van der Waals surface area contributed by atoms with Crippen LogP contribution in [0.4, 0.5) is 42.3 Å². The molecule has 0 unspecified atom stereocenters. The van der Waals surface area contributed by atoms with E-state index < -0.39 is 11.7 Å². The number of aromatic nitrogens is 12. The first-order valence-electron chi connectivity index (χ1n) is 39.4. The fraction of sp³-hybridized carbons (Fsp3) is 0.168. The molecule has 0 spiro atoms. The molecule has 10 aromatic carbocycles. The third-order valence-electron chi connectivity index (χ3n) is 21.1. The van der Waals surface area contributed by atoms with Crippen LogP contribution >= 0.6 is 0 Å². The van der Waals surface area contributed by atoms with E-state index in [0.29, 0.717) is 95.6 Å². The maximum absolute atomic E-state index is 12.9. The molecule has 18 aromatic rings. The molecule has 0 bridgehead atoms. The second-order valence-electron chi connectivity index (χ2n) is 28.5. The molecular weight excluding hydrogens is 1550 g/mol. The van der Waals surface area contributed by atoms with Crippen LogP contribution in [0.2, 0.25) is 0 Å². The average molecular weight is 1630 g/mol. The smallest absolute Gasteiger partial charge is 0.417 e. The molecule has 0 atom stereocenters. The highest BCUT2D eigenvalue weighted by Gasteiger charge is 2.32. The van der Waals surface area contributed by atoms with Crippen LogP contribution in [0.15, 0.2) is 255 Å². The predicted molar refractivity (Wildman–Crippen MR) is 477 cm³/mol. The molecule has 0 amide bonds. The molecule has 8 aromatic heterocycles. The van der Waals surface area contributed by atoms with E-state index in [4.69, 9.17) is 68.8 Å². The summed E-state index contributed by atoms with van der Waals surface area (Å²) >= 11 is 0. The number of H-pyrrole nitrogens is 3. The SMILES string of the molecule is COc1cc2nc(-c3ccc4[nH]ccc4c3)nc(NCCc3c[nH]c4ccccc34)c2cc1OC.COc1cc2nc(-c3ccccc3)nc(N)c2cc1OC.COc1cc2nc(-c3ccccc3)nc(N3CCN(c4ccc(C(F)(F)F)cn4)CC3)c2cc1OC.COc1ccc2nc(-c3ccccc3)nc(NCCc3c[nH]c4ccccc34)c2c1. The monoisotopic (exact) mass is 1630 g/mol. The number of halogens is 3. The minimum Gasteiger partial charge on any atom is -0.497 e. The number of nitrogens with two attached hydrogens (primary N) is 1. The van der Waals surface area contributed by atoms with E-state index in [0.717, 1.165) is 149 Å². The first-order valence-corrected chi connectivity index (χ1v) is 39.4. The van der Waals surface area contributed by atoms with Gasteiger partial charge in [-0.2, -0.15) is 13.2 Å². The van der Waals surface area contributed by atoms with Crippen molar-refractivity contribution < 1.29 is 46.3 Å². The molecule has 0 aliphatic carbocycles. The van der Waals surface area contributed by atoms with Gasteiger partial charge in [-0.25, -0.2) is 44.9 Å². The van der Waals surface area contributed by atoms with Crippen molar-refractivity contribution >= 4 is 105 Å². The van der Waals surface area contributed by atoms with Crippen molar-refractivity contribution in [1.29, 1.82) is 0 Å². The number of nitrogen functional groups attached to an aromatic ring is 1. The number of fused-ring (bicyclic) bond motifs is 7. The van der Waals surface area contributed by atoms with Crippen LogP contribution in [0.25, 0.3) is 122 Å². The Labute approximate surface area is 699 Å². The van der Waals surface area contributed by atoms with Gasteiger partial charge in [-0.1, -0.05) is 127 Å². The third-order valence-corrected chi connectivity index (χ3v) is 21.1. The van der Waals surface area contributed by atoms with Crippen molar-refractivity contribution in [2.75, 3.05) is 115 Å². The Morgan fingerprint density at radius 2 is 0.828 bits per heavy atom. The van der Waals surface area contributed by atoms with E-state index in [1.165, 1.54) is 28.0 Å². The number of aromatic amines is 3. The normalized spacial score (nSPS) is 12.0. The molecule has 0 radical (unpaired) electrons. The summed E-state index contributed by atoms with van der Waals surface area (Å²) in [7, 11) is 11.3. The standard InChI is InChI=1S/C28H25N5O2.C26H24F3N5O2.C25H22N4O.C16H15N3O2/c1-34-25-14-21-24(15-26(25)35-2)32-27(18-7-8-22-17(13-18)9-11-29-22)33-28(21)30-12-10-19-16-31-23-6-4-3-5-20(19)23;1-35-21-14-19-20(15-22(21)36-2)31-24(17-6-4-3-5-7-17)32-25(19)34-12-10-33(11-13-34)23-9-8-18(16-30-23)26(27,28)29;1-30-19-11-12-23-21(15-19)25(29-24(28-23)17-7-3-2-4-8-17)26-14-13-18-16-27-22-10-6-5-9-20(18)22;1-20-13-8-11-12(9-14(13)21-2)18-16(19-15(11)17)10-6-4-3-5-7-10/h3-9,11,13-16,29,31H,10,12H2,1-2H3,(H,30,32,33);3-9,14-16H,10-13H2,1-2H3;2-12,15-16,27H,13-14H2,1H3,(H,26,28,29);3-9H,1-2H3,(H2,17,18,19). The summed E-state index contributed by atoms with van der Waals surface area (Å²) < 4.78 is 76.8. The minimum absolute atomic E-state index is 0.416. The number of piperazine rings is 1. The lowest BCUT2D eigenvalue weighted by atomic mass is 10.1. The van der Waals surface area contributed by atoms with E-state index in [-0.39, 0.29) is 0 Å². The van der Waals surface area contributed by atoms with E-state index in [1.807, 2.05) is 169 Å². The van der Waals surface area contributed by atoms with Crippen molar-refractivity contribution in [2.45, 2.75) is 19.0 Å². The molecule has 1 aliphatic rings. The van der Waals surface area contributed by atoms with E-state index in [9.17, 15) is 13.2 Å². The average Bonchev–Trinajstić information content (AvgIpc) is 0.810. The number of rotatable bonds is 21. The van der Waals surface area contributed by atoms with Gasteiger partial charge < -0.3 is 74.3 Å². The molecule has 0 saturated carbocycles. The first-order chi connectivity index (χ1) is 59.6. The molecule has 614 valence electrons. The second kappa shape index (κ2) is 36.3. The van der Waals surface area contributed by atoms with E-state index in [1.54, 1.807) is 61.9 Å². The Bertz CT molecular complexity index is 6710. The van der Waals surface area contributed by atoms with Gasteiger partial charge in [0.2, 0.25) is 0 Å². The molecule has 19 rings (SSSR count). The van der Waals surface area contributed by atoms with Crippen LogP contribution in [0, 0.1) is 0 Å². The number of methoxy groups -OCH3 is 7. The van der Waals surface area contributed by atoms with Crippen LogP contribution < -0.4 is 59.3 Å². The van der Waals surface area contributed by atoms with Crippen molar-refractivity contribution in [2.24, 2.45) is 0 Å². The Morgan fingerprint density at radius 1 is 0.377 bits per heavy atom. The summed E-state index contributed by atoms with van der Waals surface area (Å²) in [5.74, 6) is 10.3. The fourth-order valence-electron chi connectivity index (χ4n) is 14.8. The Hall–Kier alpha value is -15.3. The maximum Gasteiger partial charge on any atom is 0.417 e. The van der Waals surface area contributed by atoms with Gasteiger partial charge in [-0.3, -0.25) is 0 Å². The Morgan fingerprint density at radius 3 is 1.34 bits per heavy atom. The molecule has 7 N–H and O–H groups in total. The van der Waals surface area contributed by atoms with Crippen LogP contribution in [0.1, 0.15) is 16.7 Å². The van der Waals surface area contributed by atoms with E-state index in [2.05, 4.69) is 106 Å². The Kier molecular flexibility index (Phi) is 24.0. The number of nitrogens with zero attached hydrogens (tertiary/aromatic N) is 11. The zero-order valence-corrected chi connectivity index (χ0v) is 67.9. The number of pyridine rings is 1. The largest absolute Gasteiger partial charge is 0.497 e. The highest BCUT2D eigenvalue weighted by molar-refractivity contribution is 5.97. The van der Waals surface area contributed by atoms with Gasteiger partial charge in [-0.15, -0.1) is 0 Å². The quantitative estimate of drug-likeness (QED) is 0.0390. The lowest BCUT2D eigenvalue weighted by Gasteiger charge is -2.36. The second-order valence-corrected chi connectivity index (χ2v) is 28.5. The summed E-state index contributed by atoms with van der Waals surface area (Å²) in [6.07, 6.45) is 4.32. The van der Waals surface area contributed by atoms with Crippen LogP contribution in [0.5, 0.6) is 40.2 Å². The van der Waals surface area contributed by atoms with Crippen LogP contribution in [0.3, 0.4) is 0 Å². The molecular formula is C95H86F3N17O7. The summed E-state index contributed by atoms with van der Waals surface area (Å²) in [6.45, 7) is 3.86. The van der Waals surface area contributed by atoms with Crippen LogP contribution in [-0.2, 0) is 19.0 Å². The molecule has 24 nitrogen and oxygen atoms in total. The lowest BCUT2D eigenvalue weighted by Crippen LogP contribution is -2.47. The zero-order valence-electron chi connectivity index (χ0n) is 67.9. The number of para-hydroxylation sites is 2. The number of benzene rings is 10. The number of alkyl halides is 3. The van der Waals surface area contributed by atoms with Gasteiger partial charge in [0.1, 0.15) is 34.8 Å². The molecule has 122 heavy (non-hydrogen) atoms. The highest BCUT2D eigenvalue weighted by atomic mass is 19.4. The molecule has 1 saturated heterocycles. The van der Waals surface area contributed by atoms with Crippen molar-refractivity contribution in [1.82, 2.24) is 59.8 Å². The lowest BCUT2D eigenvalue weighted by molar-refractivity contribution is -0.137. The van der Waals surface area contributed by atoms with Gasteiger partial charge in [0.25, 0.3) is 0 Å². The summed E-state index contributed by atoms with van der Waals surface area (Å²) in [4.78, 5) is 56.2. The maximum atomic E-state index is 12.9. The number of ether oxygens (including phenoxy) is 7. The van der Waals surface area contributed by atoms with Gasteiger partial charge >= 0.3 is 6.18 Å². The molecule has 27 heteroatoms. The molecule has 1 aliphatic heterocycles. The number of hydrogen-bond donors (Lipinski definition) is 6. The first kappa shape index (κ1) is 80.5. The summed E-state index contributed by atoms with van der Waals surface area (Å²) in [5, 5.41) is 14.1.